The van der Waals surface area contributed by atoms with Crippen LogP contribution in [0.1, 0.15) is 27.2 Å². The van der Waals surface area contributed by atoms with Crippen molar-refractivity contribution in [2.75, 3.05) is 19.7 Å². The molecule has 1 saturated heterocycles. The molecular formula is C10H20FNO. The van der Waals surface area contributed by atoms with E-state index in [-0.39, 0.29) is 6.10 Å². The average Bonchev–Trinajstić information content (AvgIpc) is 2.42. The lowest BCUT2D eigenvalue weighted by molar-refractivity contribution is 0.0386. The summed E-state index contributed by atoms with van der Waals surface area (Å²) in [4.78, 5) is 2.16. The lowest BCUT2D eigenvalue weighted by atomic mass is 10.2. The molecule has 1 rings (SSSR count). The number of likely N-dealkylation sites (N-methyl/N-ethyl adjacent to an activating group) is 1. The molecule has 2 atom stereocenters. The van der Waals surface area contributed by atoms with Crippen LogP contribution >= 0.6 is 0 Å². The predicted octanol–water partition coefficient (Wildman–Crippen LogP) is 1.84. The number of alkyl halides is 1. The summed E-state index contributed by atoms with van der Waals surface area (Å²) in [6.45, 7) is 8.28. The zero-order chi connectivity index (χ0) is 9.84. The zero-order valence-electron chi connectivity index (χ0n) is 8.79. The number of nitrogens with zero attached hydrogens (tertiary/aromatic N) is 1. The van der Waals surface area contributed by atoms with Gasteiger partial charge in [0.25, 0.3) is 0 Å². The second-order valence-corrected chi connectivity index (χ2v) is 3.96. The van der Waals surface area contributed by atoms with Gasteiger partial charge in [-0.25, -0.2) is 4.39 Å². The van der Waals surface area contributed by atoms with Gasteiger partial charge in [-0.2, -0.15) is 0 Å². The lowest BCUT2D eigenvalue weighted by Gasteiger charge is -2.22. The van der Waals surface area contributed by atoms with Crippen LogP contribution in [-0.4, -0.2) is 42.9 Å². The van der Waals surface area contributed by atoms with Crippen molar-refractivity contribution < 1.29 is 9.13 Å². The summed E-state index contributed by atoms with van der Waals surface area (Å²) >= 11 is 0. The third kappa shape index (κ3) is 3.24. The topological polar surface area (TPSA) is 12.5 Å². The summed E-state index contributed by atoms with van der Waals surface area (Å²) in [7, 11) is 0. The van der Waals surface area contributed by atoms with E-state index >= 15 is 0 Å². The van der Waals surface area contributed by atoms with Gasteiger partial charge in [-0.05, 0) is 26.8 Å². The van der Waals surface area contributed by atoms with Crippen LogP contribution in [0, 0.1) is 0 Å². The Balaban J connectivity index is 2.31. The van der Waals surface area contributed by atoms with Crippen molar-refractivity contribution >= 4 is 0 Å². The molecule has 0 N–H and O–H groups in total. The van der Waals surface area contributed by atoms with Crippen molar-refractivity contribution in [2.45, 2.75) is 45.5 Å². The van der Waals surface area contributed by atoms with Crippen molar-refractivity contribution in [1.82, 2.24) is 4.90 Å². The molecule has 1 heterocycles. The molecule has 0 aromatic rings. The van der Waals surface area contributed by atoms with Gasteiger partial charge < -0.3 is 4.74 Å². The predicted molar refractivity (Wildman–Crippen MR) is 51.6 cm³/mol. The van der Waals surface area contributed by atoms with E-state index in [0.29, 0.717) is 25.6 Å². The molecule has 78 valence electrons. The fourth-order valence-corrected chi connectivity index (χ4v) is 1.79. The second-order valence-electron chi connectivity index (χ2n) is 3.96. The fourth-order valence-electron chi connectivity index (χ4n) is 1.79. The van der Waals surface area contributed by atoms with Crippen LogP contribution in [0.25, 0.3) is 0 Å². The highest BCUT2D eigenvalue weighted by Crippen LogP contribution is 2.20. The van der Waals surface area contributed by atoms with Gasteiger partial charge >= 0.3 is 0 Å². The minimum atomic E-state index is -0.652. The van der Waals surface area contributed by atoms with E-state index in [1.807, 2.05) is 13.8 Å². The largest absolute Gasteiger partial charge is 0.377 e. The Morgan fingerprint density at radius 2 is 2.23 bits per heavy atom. The molecule has 0 aliphatic carbocycles. The standard InChI is InChI=1S/C10H20FNO/c1-4-12-6-9(11)5-10(12)7-13-8(2)3/h8-10H,4-7H2,1-3H3. The van der Waals surface area contributed by atoms with Gasteiger partial charge in [-0.1, -0.05) is 6.92 Å². The highest BCUT2D eigenvalue weighted by Gasteiger charge is 2.30. The molecule has 0 aromatic carbocycles. The summed E-state index contributed by atoms with van der Waals surface area (Å²) in [5.41, 5.74) is 0. The van der Waals surface area contributed by atoms with E-state index < -0.39 is 6.17 Å². The molecule has 0 aromatic heterocycles. The molecule has 2 unspecified atom stereocenters. The Hall–Kier alpha value is -0.150. The lowest BCUT2D eigenvalue weighted by Crippen LogP contribution is -2.33. The molecule has 13 heavy (non-hydrogen) atoms. The average molecular weight is 189 g/mol. The minimum Gasteiger partial charge on any atom is -0.377 e. The summed E-state index contributed by atoms with van der Waals surface area (Å²) in [5.74, 6) is 0. The molecule has 3 heteroatoms. The number of likely N-dealkylation sites (tertiary alicyclic amines) is 1. The molecule has 1 fully saturated rings. The van der Waals surface area contributed by atoms with Crippen LogP contribution in [0.5, 0.6) is 0 Å². The van der Waals surface area contributed by atoms with Crippen molar-refractivity contribution in [3.8, 4) is 0 Å². The van der Waals surface area contributed by atoms with Gasteiger partial charge in [0.2, 0.25) is 0 Å². The molecule has 1 aliphatic heterocycles. The summed E-state index contributed by atoms with van der Waals surface area (Å²) in [6.07, 6.45) is 0.235. The number of hydrogen-bond acceptors (Lipinski definition) is 2. The maximum atomic E-state index is 13.0. The smallest absolute Gasteiger partial charge is 0.114 e. The molecule has 0 saturated carbocycles. The third-order valence-electron chi connectivity index (χ3n) is 2.50. The summed E-state index contributed by atoms with van der Waals surface area (Å²) in [5, 5.41) is 0. The van der Waals surface area contributed by atoms with E-state index in [4.69, 9.17) is 4.74 Å². The van der Waals surface area contributed by atoms with Gasteiger partial charge in [0.05, 0.1) is 12.7 Å². The van der Waals surface area contributed by atoms with E-state index in [1.54, 1.807) is 0 Å². The van der Waals surface area contributed by atoms with Crippen molar-refractivity contribution in [3.63, 3.8) is 0 Å². The van der Waals surface area contributed by atoms with Gasteiger partial charge in [-0.3, -0.25) is 4.90 Å². The molecular weight excluding hydrogens is 169 g/mol. The molecule has 0 spiro atoms. The third-order valence-corrected chi connectivity index (χ3v) is 2.50. The Morgan fingerprint density at radius 3 is 2.77 bits per heavy atom. The van der Waals surface area contributed by atoms with Crippen molar-refractivity contribution in [1.29, 1.82) is 0 Å². The van der Waals surface area contributed by atoms with Crippen LogP contribution in [-0.2, 0) is 4.74 Å². The Bertz CT molecular complexity index is 152. The van der Waals surface area contributed by atoms with E-state index in [1.165, 1.54) is 0 Å². The molecule has 1 aliphatic rings. The first-order chi connectivity index (χ1) is 6.13. The van der Waals surface area contributed by atoms with Crippen molar-refractivity contribution in [2.24, 2.45) is 0 Å². The quantitative estimate of drug-likeness (QED) is 0.669. The zero-order valence-corrected chi connectivity index (χ0v) is 8.79. The fraction of sp³-hybridized carbons (Fsp3) is 1.00. The van der Waals surface area contributed by atoms with E-state index in [0.717, 1.165) is 6.54 Å². The Kier molecular flexibility index (Phi) is 4.13. The van der Waals surface area contributed by atoms with E-state index in [9.17, 15) is 4.39 Å². The van der Waals surface area contributed by atoms with Crippen LogP contribution in [0.15, 0.2) is 0 Å². The number of ether oxygens (including phenoxy) is 1. The minimum absolute atomic E-state index is 0.248. The first-order valence-electron chi connectivity index (χ1n) is 5.13. The number of rotatable bonds is 4. The Morgan fingerprint density at radius 1 is 1.54 bits per heavy atom. The van der Waals surface area contributed by atoms with Gasteiger partial charge in [0, 0.05) is 12.6 Å². The maximum absolute atomic E-state index is 13.0. The van der Waals surface area contributed by atoms with Crippen LogP contribution < -0.4 is 0 Å². The maximum Gasteiger partial charge on any atom is 0.114 e. The van der Waals surface area contributed by atoms with Crippen LogP contribution in [0.3, 0.4) is 0 Å². The first-order valence-corrected chi connectivity index (χ1v) is 5.13. The van der Waals surface area contributed by atoms with Gasteiger partial charge in [0.15, 0.2) is 0 Å². The van der Waals surface area contributed by atoms with Crippen molar-refractivity contribution in [3.05, 3.63) is 0 Å². The van der Waals surface area contributed by atoms with Gasteiger partial charge in [0.1, 0.15) is 6.17 Å². The van der Waals surface area contributed by atoms with E-state index in [2.05, 4.69) is 11.8 Å². The number of hydrogen-bond donors (Lipinski definition) is 0. The number of halogens is 1. The summed E-state index contributed by atoms with van der Waals surface area (Å²) < 4.78 is 18.5. The summed E-state index contributed by atoms with van der Waals surface area (Å²) in [6, 6.07) is 0.294. The molecule has 0 bridgehead atoms. The normalized spacial score (nSPS) is 30.2. The monoisotopic (exact) mass is 189 g/mol. The SMILES string of the molecule is CCN1CC(F)CC1COC(C)C. The van der Waals surface area contributed by atoms with Crippen LogP contribution in [0.2, 0.25) is 0 Å². The molecule has 2 nitrogen and oxygen atoms in total. The highest BCUT2D eigenvalue weighted by atomic mass is 19.1. The molecule has 0 radical (unpaired) electrons. The Labute approximate surface area is 80.1 Å². The first kappa shape index (κ1) is 10.9. The highest BCUT2D eigenvalue weighted by molar-refractivity contribution is 4.84. The van der Waals surface area contributed by atoms with Gasteiger partial charge in [-0.15, -0.1) is 0 Å². The molecule has 0 amide bonds. The second kappa shape index (κ2) is 4.91. The van der Waals surface area contributed by atoms with Crippen LogP contribution in [0.4, 0.5) is 4.39 Å².